The maximum Gasteiger partial charge on any atom is 0.262 e. The monoisotopic (exact) mass is 473 g/mol. The van der Waals surface area contributed by atoms with Crippen molar-refractivity contribution in [1.82, 2.24) is 0 Å². The number of methoxy groups -OCH3 is 1. The van der Waals surface area contributed by atoms with Gasteiger partial charge in [0.05, 0.1) is 34.8 Å². The van der Waals surface area contributed by atoms with Crippen molar-refractivity contribution in [2.24, 2.45) is 0 Å². The number of benzene rings is 2. The summed E-state index contributed by atoms with van der Waals surface area (Å²) < 4.78 is 73.4. The summed E-state index contributed by atoms with van der Waals surface area (Å²) in [5.74, 6) is -1.20. The van der Waals surface area contributed by atoms with Gasteiger partial charge in [0.1, 0.15) is 11.6 Å². The maximum absolute atomic E-state index is 14.2. The molecule has 0 aliphatic carbocycles. The van der Waals surface area contributed by atoms with E-state index in [1.165, 1.54) is 32.2 Å². The Kier molecular flexibility index (Phi) is 7.85. The van der Waals surface area contributed by atoms with Crippen LogP contribution in [0.25, 0.3) is 0 Å². The van der Waals surface area contributed by atoms with Crippen molar-refractivity contribution >= 4 is 43.0 Å². The van der Waals surface area contributed by atoms with E-state index in [-0.39, 0.29) is 27.8 Å². The maximum atomic E-state index is 14.2. The van der Waals surface area contributed by atoms with E-state index >= 15 is 0 Å². The topological polar surface area (TPSA) is 131 Å². The van der Waals surface area contributed by atoms with Gasteiger partial charge in [-0.25, -0.2) is 21.2 Å². The van der Waals surface area contributed by atoms with Crippen molar-refractivity contribution in [2.45, 2.75) is 31.6 Å². The predicted octanol–water partition coefficient (Wildman–Crippen LogP) is 3.14. The second kappa shape index (κ2) is 9.96. The molecule has 31 heavy (non-hydrogen) atoms. The first-order valence-corrected chi connectivity index (χ1v) is 12.4. The van der Waals surface area contributed by atoms with Gasteiger partial charge in [0, 0.05) is 6.92 Å². The number of sulfonamides is 2. The van der Waals surface area contributed by atoms with Gasteiger partial charge >= 0.3 is 0 Å². The highest BCUT2D eigenvalue weighted by Gasteiger charge is 2.20. The van der Waals surface area contributed by atoms with E-state index in [0.29, 0.717) is 12.8 Å². The van der Waals surface area contributed by atoms with Crippen molar-refractivity contribution in [3.8, 4) is 5.75 Å². The summed E-state index contributed by atoms with van der Waals surface area (Å²) in [6.07, 6.45) is 1.13. The molecule has 0 radical (unpaired) electrons. The van der Waals surface area contributed by atoms with Gasteiger partial charge in [-0.2, -0.15) is 0 Å². The fourth-order valence-corrected chi connectivity index (χ4v) is 4.92. The van der Waals surface area contributed by atoms with Crippen molar-refractivity contribution in [3.63, 3.8) is 0 Å². The number of unbranched alkanes of at least 4 members (excludes halogenated alkanes) is 1. The number of hydrogen-bond donors (Lipinski definition) is 3. The Morgan fingerprint density at radius 2 is 1.74 bits per heavy atom. The number of carbonyl (C=O) groups is 1. The molecular weight excluding hydrogens is 449 g/mol. The molecule has 0 heterocycles. The first-order valence-electron chi connectivity index (χ1n) is 9.26. The second-order valence-corrected chi connectivity index (χ2v) is 10.1. The summed E-state index contributed by atoms with van der Waals surface area (Å²) in [6.45, 7) is 3.10. The van der Waals surface area contributed by atoms with Crippen LogP contribution in [0.15, 0.2) is 41.3 Å². The van der Waals surface area contributed by atoms with Crippen molar-refractivity contribution in [1.29, 1.82) is 0 Å². The molecule has 12 heteroatoms. The number of ether oxygens (including phenoxy) is 1. The van der Waals surface area contributed by atoms with Crippen LogP contribution in [-0.2, 0) is 24.8 Å². The SMILES string of the molecule is CCCCS(=O)(=O)Nc1ccc(F)c(NS(=O)(=O)c2ccc(OC)c(NC(C)=O)c2)c1. The zero-order valence-corrected chi connectivity index (χ0v) is 18.9. The van der Waals surface area contributed by atoms with Crippen LogP contribution in [0, 0.1) is 5.82 Å². The third-order valence-corrected chi connectivity index (χ3v) is 6.78. The quantitative estimate of drug-likeness (QED) is 0.486. The van der Waals surface area contributed by atoms with E-state index in [1.807, 2.05) is 6.92 Å². The van der Waals surface area contributed by atoms with E-state index in [9.17, 15) is 26.0 Å². The number of nitrogens with one attached hydrogen (secondary N) is 3. The number of amides is 1. The molecule has 2 aromatic rings. The Hall–Kier alpha value is -2.86. The summed E-state index contributed by atoms with van der Waals surface area (Å²) in [5, 5.41) is 2.46. The minimum absolute atomic E-state index is 0.0175. The number of halogens is 1. The van der Waals surface area contributed by atoms with Crippen LogP contribution >= 0.6 is 0 Å². The first kappa shape index (κ1) is 24.4. The van der Waals surface area contributed by atoms with Crippen LogP contribution < -0.4 is 19.5 Å². The largest absolute Gasteiger partial charge is 0.495 e. The van der Waals surface area contributed by atoms with Gasteiger partial charge in [-0.3, -0.25) is 14.2 Å². The summed E-state index contributed by atoms with van der Waals surface area (Å²) in [4.78, 5) is 11.1. The molecule has 0 aliphatic rings. The van der Waals surface area contributed by atoms with Gasteiger partial charge in [0.2, 0.25) is 15.9 Å². The molecule has 0 aliphatic heterocycles. The third kappa shape index (κ3) is 6.82. The molecule has 0 fully saturated rings. The molecule has 3 N–H and O–H groups in total. The summed E-state index contributed by atoms with van der Waals surface area (Å²) in [6, 6.07) is 6.92. The molecule has 0 bridgehead atoms. The average Bonchev–Trinajstić information content (AvgIpc) is 2.68. The lowest BCUT2D eigenvalue weighted by atomic mass is 10.3. The smallest absolute Gasteiger partial charge is 0.262 e. The van der Waals surface area contributed by atoms with Gasteiger partial charge in [-0.1, -0.05) is 13.3 Å². The number of anilines is 3. The molecule has 0 atom stereocenters. The molecular formula is C19H24FN3O6S2. The lowest BCUT2D eigenvalue weighted by molar-refractivity contribution is -0.114. The van der Waals surface area contributed by atoms with Crippen LogP contribution in [0.4, 0.5) is 21.5 Å². The Morgan fingerprint density at radius 1 is 1.03 bits per heavy atom. The summed E-state index contributed by atoms with van der Waals surface area (Å²) >= 11 is 0. The van der Waals surface area contributed by atoms with Crippen molar-refractivity contribution < 1.29 is 30.8 Å². The van der Waals surface area contributed by atoms with Crippen LogP contribution in [0.3, 0.4) is 0 Å². The van der Waals surface area contributed by atoms with E-state index < -0.39 is 37.5 Å². The molecule has 2 rings (SSSR count). The fraction of sp³-hybridized carbons (Fsp3) is 0.316. The Balaban J connectivity index is 2.34. The lowest BCUT2D eigenvalue weighted by Crippen LogP contribution is -2.18. The Bertz CT molecular complexity index is 1170. The summed E-state index contributed by atoms with van der Waals surface area (Å²) in [7, 11) is -6.56. The molecule has 1 amide bonds. The zero-order chi connectivity index (χ0) is 23.2. The van der Waals surface area contributed by atoms with Gasteiger partial charge < -0.3 is 10.1 Å². The van der Waals surface area contributed by atoms with Crippen molar-refractivity contribution in [3.05, 3.63) is 42.2 Å². The van der Waals surface area contributed by atoms with Crippen LogP contribution in [-0.4, -0.2) is 35.6 Å². The molecule has 0 saturated heterocycles. The van der Waals surface area contributed by atoms with Gasteiger partial charge in [-0.15, -0.1) is 0 Å². The standard InChI is InChI=1S/C19H24FN3O6S2/c1-4-5-10-30(25,26)22-14-6-8-16(20)17(11-14)23-31(27,28)15-7-9-19(29-3)18(12-15)21-13(2)24/h6-9,11-12,22-23H,4-5,10H2,1-3H3,(H,21,24). The highest BCUT2D eigenvalue weighted by molar-refractivity contribution is 7.93. The van der Waals surface area contributed by atoms with Crippen molar-refractivity contribution in [2.75, 3.05) is 27.6 Å². The number of carbonyl (C=O) groups excluding carboxylic acids is 1. The minimum Gasteiger partial charge on any atom is -0.495 e. The average molecular weight is 474 g/mol. The molecule has 0 spiro atoms. The third-order valence-electron chi connectivity index (χ3n) is 4.04. The minimum atomic E-state index is -4.27. The Labute approximate surface area is 181 Å². The predicted molar refractivity (Wildman–Crippen MR) is 117 cm³/mol. The van der Waals surface area contributed by atoms with Gasteiger partial charge in [-0.05, 0) is 42.8 Å². The first-order chi connectivity index (χ1) is 14.5. The molecule has 2 aromatic carbocycles. The van der Waals surface area contributed by atoms with Crippen LogP contribution in [0.1, 0.15) is 26.7 Å². The van der Waals surface area contributed by atoms with Gasteiger partial charge in [0.15, 0.2) is 0 Å². The normalized spacial score (nSPS) is 11.6. The van der Waals surface area contributed by atoms with E-state index in [2.05, 4.69) is 14.8 Å². The van der Waals surface area contributed by atoms with Crippen LogP contribution in [0.5, 0.6) is 5.75 Å². The van der Waals surface area contributed by atoms with Gasteiger partial charge in [0.25, 0.3) is 10.0 Å². The second-order valence-electron chi connectivity index (χ2n) is 6.62. The van der Waals surface area contributed by atoms with E-state index in [0.717, 1.165) is 18.2 Å². The Morgan fingerprint density at radius 3 is 2.35 bits per heavy atom. The molecule has 0 saturated carbocycles. The van der Waals surface area contributed by atoms with Crippen LogP contribution in [0.2, 0.25) is 0 Å². The highest BCUT2D eigenvalue weighted by Crippen LogP contribution is 2.29. The zero-order valence-electron chi connectivity index (χ0n) is 17.2. The lowest BCUT2D eigenvalue weighted by Gasteiger charge is -2.14. The molecule has 170 valence electrons. The number of rotatable bonds is 10. The molecule has 9 nitrogen and oxygen atoms in total. The van der Waals surface area contributed by atoms with E-state index in [4.69, 9.17) is 4.74 Å². The van der Waals surface area contributed by atoms with E-state index in [1.54, 1.807) is 0 Å². The fourth-order valence-electron chi connectivity index (χ4n) is 2.58. The highest BCUT2D eigenvalue weighted by atomic mass is 32.2. The molecule has 0 unspecified atom stereocenters. The number of hydrogen-bond acceptors (Lipinski definition) is 6. The summed E-state index contributed by atoms with van der Waals surface area (Å²) in [5.41, 5.74) is -0.299. The molecule has 0 aromatic heterocycles.